The molecule has 0 radical (unpaired) electrons. The van der Waals surface area contributed by atoms with Crippen LogP contribution in [-0.4, -0.2) is 17.2 Å². The molecule has 1 amide bonds. The third kappa shape index (κ3) is 2.49. The number of amides is 1. The van der Waals surface area contributed by atoms with Crippen molar-refractivity contribution in [2.45, 2.75) is 58.4 Å². The first-order valence-electron chi connectivity index (χ1n) is 7.32. The molecule has 3 nitrogen and oxygen atoms in total. The average molecular weight is 273 g/mol. The van der Waals surface area contributed by atoms with Gasteiger partial charge in [0.1, 0.15) is 5.92 Å². The maximum atomic E-state index is 12.7. The lowest BCUT2D eigenvalue weighted by atomic mass is 9.83. The molecule has 1 N–H and O–H groups in total. The van der Waals surface area contributed by atoms with Crippen molar-refractivity contribution in [3.05, 3.63) is 34.9 Å². The minimum absolute atomic E-state index is 0.0182. The third-order valence-electron chi connectivity index (χ3n) is 4.24. The first-order chi connectivity index (χ1) is 9.39. The predicted molar refractivity (Wildman–Crippen MR) is 79.7 cm³/mol. The summed E-state index contributed by atoms with van der Waals surface area (Å²) >= 11 is 0. The number of carbonyl (C=O) groups excluding carboxylic acids is 2. The van der Waals surface area contributed by atoms with Crippen LogP contribution in [0.4, 0.5) is 0 Å². The highest BCUT2D eigenvalue weighted by Crippen LogP contribution is 2.34. The number of unbranched alkanes of at least 4 members (excludes halogenated alkanes) is 1. The average Bonchev–Trinajstić information content (AvgIpc) is 2.61. The summed E-state index contributed by atoms with van der Waals surface area (Å²) in [6.45, 7) is 7.88. The number of nitrogens with one attached hydrogen (secondary N) is 1. The van der Waals surface area contributed by atoms with Gasteiger partial charge in [-0.05, 0) is 38.3 Å². The SMILES string of the molecule is CCCCC1(C)NC(=O)C(c2cc(C)ccc2C)C1=O. The monoisotopic (exact) mass is 273 g/mol. The lowest BCUT2D eigenvalue weighted by Crippen LogP contribution is -2.43. The van der Waals surface area contributed by atoms with Crippen LogP contribution in [0.5, 0.6) is 0 Å². The Morgan fingerprint density at radius 1 is 1.25 bits per heavy atom. The number of benzene rings is 1. The van der Waals surface area contributed by atoms with Gasteiger partial charge < -0.3 is 5.32 Å². The normalized spacial score (nSPS) is 25.9. The Morgan fingerprint density at radius 3 is 2.60 bits per heavy atom. The Kier molecular flexibility index (Phi) is 3.98. The van der Waals surface area contributed by atoms with Crippen LogP contribution in [0.3, 0.4) is 0 Å². The number of hydrogen-bond acceptors (Lipinski definition) is 2. The van der Waals surface area contributed by atoms with Crippen molar-refractivity contribution >= 4 is 11.7 Å². The van der Waals surface area contributed by atoms with Gasteiger partial charge in [0.25, 0.3) is 0 Å². The van der Waals surface area contributed by atoms with Gasteiger partial charge in [-0.15, -0.1) is 0 Å². The molecule has 2 atom stereocenters. The minimum Gasteiger partial charge on any atom is -0.343 e. The van der Waals surface area contributed by atoms with Crippen molar-refractivity contribution < 1.29 is 9.59 Å². The first-order valence-corrected chi connectivity index (χ1v) is 7.32. The Labute approximate surface area is 120 Å². The molecule has 1 aromatic rings. The molecule has 1 aliphatic heterocycles. The highest BCUT2D eigenvalue weighted by Gasteiger charge is 2.49. The molecule has 1 aromatic carbocycles. The van der Waals surface area contributed by atoms with Gasteiger partial charge in [-0.2, -0.15) is 0 Å². The van der Waals surface area contributed by atoms with Crippen LogP contribution < -0.4 is 5.32 Å². The lowest BCUT2D eigenvalue weighted by Gasteiger charge is -2.22. The van der Waals surface area contributed by atoms with Crippen molar-refractivity contribution in [3.63, 3.8) is 0 Å². The summed E-state index contributed by atoms with van der Waals surface area (Å²) in [6, 6.07) is 5.95. The number of hydrogen-bond donors (Lipinski definition) is 1. The number of carbonyl (C=O) groups is 2. The van der Waals surface area contributed by atoms with Gasteiger partial charge >= 0.3 is 0 Å². The fourth-order valence-electron chi connectivity index (χ4n) is 2.91. The summed E-state index contributed by atoms with van der Waals surface area (Å²) in [5.41, 5.74) is 2.23. The highest BCUT2D eigenvalue weighted by molar-refractivity contribution is 6.17. The summed E-state index contributed by atoms with van der Waals surface area (Å²) in [7, 11) is 0. The summed E-state index contributed by atoms with van der Waals surface area (Å²) < 4.78 is 0. The topological polar surface area (TPSA) is 46.2 Å². The molecule has 1 aliphatic rings. The molecule has 2 rings (SSSR count). The summed E-state index contributed by atoms with van der Waals surface area (Å²) in [5, 5.41) is 2.92. The van der Waals surface area contributed by atoms with E-state index in [2.05, 4.69) is 12.2 Å². The van der Waals surface area contributed by atoms with E-state index >= 15 is 0 Å². The highest BCUT2D eigenvalue weighted by atomic mass is 16.2. The molecule has 20 heavy (non-hydrogen) atoms. The Balaban J connectivity index is 2.36. The largest absolute Gasteiger partial charge is 0.343 e. The zero-order chi connectivity index (χ0) is 14.9. The fourth-order valence-corrected chi connectivity index (χ4v) is 2.91. The maximum absolute atomic E-state index is 12.7. The quantitative estimate of drug-likeness (QED) is 0.857. The van der Waals surface area contributed by atoms with E-state index in [1.54, 1.807) is 0 Å². The predicted octanol–water partition coefficient (Wildman–Crippen LogP) is 3.03. The Morgan fingerprint density at radius 2 is 1.95 bits per heavy atom. The van der Waals surface area contributed by atoms with Gasteiger partial charge in [-0.1, -0.05) is 43.5 Å². The van der Waals surface area contributed by atoms with Crippen LogP contribution in [0.1, 0.15) is 55.7 Å². The zero-order valence-corrected chi connectivity index (χ0v) is 12.7. The van der Waals surface area contributed by atoms with Crippen molar-refractivity contribution in [2.75, 3.05) is 0 Å². The molecule has 0 bridgehead atoms. The second-order valence-electron chi connectivity index (χ2n) is 6.08. The van der Waals surface area contributed by atoms with Crippen LogP contribution in [0, 0.1) is 13.8 Å². The molecule has 0 saturated carbocycles. The molecule has 3 heteroatoms. The van der Waals surface area contributed by atoms with Crippen molar-refractivity contribution in [1.29, 1.82) is 0 Å². The fraction of sp³-hybridized carbons (Fsp3) is 0.529. The van der Waals surface area contributed by atoms with Gasteiger partial charge in [0.05, 0.1) is 5.54 Å². The Hall–Kier alpha value is -1.64. The van der Waals surface area contributed by atoms with Crippen molar-refractivity contribution in [2.24, 2.45) is 0 Å². The zero-order valence-electron chi connectivity index (χ0n) is 12.7. The van der Waals surface area contributed by atoms with E-state index in [1.807, 2.05) is 39.0 Å². The van der Waals surface area contributed by atoms with Crippen LogP contribution in [0.25, 0.3) is 0 Å². The second-order valence-corrected chi connectivity index (χ2v) is 6.08. The number of ketones is 1. The van der Waals surface area contributed by atoms with E-state index in [9.17, 15) is 9.59 Å². The summed E-state index contributed by atoms with van der Waals surface area (Å²) in [6.07, 6.45) is 2.68. The summed E-state index contributed by atoms with van der Waals surface area (Å²) in [5.74, 6) is -0.774. The minimum atomic E-state index is -0.700. The lowest BCUT2D eigenvalue weighted by molar-refractivity contribution is -0.125. The van der Waals surface area contributed by atoms with Gasteiger partial charge in [0, 0.05) is 0 Å². The Bertz CT molecular complexity index is 550. The molecule has 0 aromatic heterocycles. The van der Waals surface area contributed by atoms with E-state index in [0.29, 0.717) is 0 Å². The van der Waals surface area contributed by atoms with Crippen LogP contribution >= 0.6 is 0 Å². The number of aryl methyl sites for hydroxylation is 2. The van der Waals surface area contributed by atoms with Crippen LogP contribution in [0.2, 0.25) is 0 Å². The van der Waals surface area contributed by atoms with E-state index < -0.39 is 11.5 Å². The molecule has 1 saturated heterocycles. The summed E-state index contributed by atoms with van der Waals surface area (Å²) in [4.78, 5) is 25.0. The molecular formula is C17H23NO2. The van der Waals surface area contributed by atoms with Gasteiger partial charge in [0.2, 0.25) is 5.91 Å². The van der Waals surface area contributed by atoms with Crippen LogP contribution in [-0.2, 0) is 9.59 Å². The third-order valence-corrected chi connectivity index (χ3v) is 4.24. The van der Waals surface area contributed by atoms with E-state index in [0.717, 1.165) is 36.0 Å². The second kappa shape index (κ2) is 5.39. The number of Topliss-reactive ketones (excluding diaryl/α,β-unsaturated/α-hetero) is 1. The molecule has 2 unspecified atom stereocenters. The number of rotatable bonds is 4. The maximum Gasteiger partial charge on any atom is 0.235 e. The van der Waals surface area contributed by atoms with Gasteiger partial charge in [-0.3, -0.25) is 9.59 Å². The van der Waals surface area contributed by atoms with Crippen molar-refractivity contribution in [3.8, 4) is 0 Å². The van der Waals surface area contributed by atoms with Gasteiger partial charge in [0.15, 0.2) is 5.78 Å². The van der Waals surface area contributed by atoms with Crippen LogP contribution in [0.15, 0.2) is 18.2 Å². The molecule has 108 valence electrons. The van der Waals surface area contributed by atoms with E-state index in [1.165, 1.54) is 0 Å². The molecule has 1 fully saturated rings. The van der Waals surface area contributed by atoms with E-state index in [-0.39, 0.29) is 11.7 Å². The standard InChI is InChI=1S/C17H23NO2/c1-5-6-9-17(4)15(19)14(16(20)18-17)13-10-11(2)7-8-12(13)3/h7-8,10,14H,5-6,9H2,1-4H3,(H,18,20). The molecule has 0 aliphatic carbocycles. The smallest absolute Gasteiger partial charge is 0.235 e. The molecular weight excluding hydrogens is 250 g/mol. The molecule has 1 heterocycles. The first kappa shape index (κ1) is 14.8. The van der Waals surface area contributed by atoms with Crippen molar-refractivity contribution in [1.82, 2.24) is 5.32 Å². The van der Waals surface area contributed by atoms with E-state index in [4.69, 9.17) is 0 Å². The molecule has 0 spiro atoms. The van der Waals surface area contributed by atoms with Gasteiger partial charge in [-0.25, -0.2) is 0 Å².